The van der Waals surface area contributed by atoms with Crippen LogP contribution in [-0.4, -0.2) is 22.9 Å². The number of alkyl halides is 6. The van der Waals surface area contributed by atoms with Gasteiger partial charge in [0.15, 0.2) is 0 Å². The lowest BCUT2D eigenvalue weighted by Crippen LogP contribution is -2.49. The van der Waals surface area contributed by atoms with Crippen molar-refractivity contribution in [2.75, 3.05) is 0 Å². The zero-order valence-corrected chi connectivity index (χ0v) is 24.2. The van der Waals surface area contributed by atoms with E-state index in [1.807, 2.05) is 13.8 Å². The van der Waals surface area contributed by atoms with Crippen LogP contribution in [0.5, 0.6) is 0 Å². The Labute approximate surface area is 242 Å². The number of allylic oxidation sites excluding steroid dienone is 2. The van der Waals surface area contributed by atoms with E-state index >= 15 is 26.3 Å². The zero-order chi connectivity index (χ0) is 29.7. The smallest absolute Gasteiger partial charge is 0.380 e. The highest BCUT2D eigenvalue weighted by Gasteiger charge is 2.80. The molecule has 41 heavy (non-hydrogen) atoms. The quantitative estimate of drug-likeness (QED) is 0.198. The van der Waals surface area contributed by atoms with E-state index in [0.717, 1.165) is 22.7 Å². The SMILES string of the molecule is CC[C@H](C)CC(O)c1sc(-c2ccccc2)cc1C1=C(c2cc(-c3ccccc3)sc2C)C(F)(F)C(F)(F)C1(F)F. The summed E-state index contributed by atoms with van der Waals surface area (Å²) in [6.07, 6.45) is -0.465. The van der Waals surface area contributed by atoms with E-state index in [0.29, 0.717) is 27.3 Å². The highest BCUT2D eigenvalue weighted by Crippen LogP contribution is 2.66. The van der Waals surface area contributed by atoms with Crippen molar-refractivity contribution in [3.8, 4) is 20.9 Å². The normalized spacial score (nSPS) is 19.0. The molecule has 5 rings (SSSR count). The van der Waals surface area contributed by atoms with E-state index in [2.05, 4.69) is 0 Å². The van der Waals surface area contributed by atoms with Crippen molar-refractivity contribution in [2.45, 2.75) is 57.5 Å². The minimum Gasteiger partial charge on any atom is -0.388 e. The van der Waals surface area contributed by atoms with Crippen LogP contribution in [0.3, 0.4) is 0 Å². The Morgan fingerprint density at radius 2 is 1.20 bits per heavy atom. The maximum Gasteiger partial charge on any atom is 0.380 e. The van der Waals surface area contributed by atoms with Crippen molar-refractivity contribution in [1.29, 1.82) is 0 Å². The van der Waals surface area contributed by atoms with Crippen LogP contribution in [0.25, 0.3) is 32.0 Å². The number of hydrogen-bond donors (Lipinski definition) is 1. The van der Waals surface area contributed by atoms with E-state index in [-0.39, 0.29) is 27.7 Å². The Kier molecular flexibility index (Phi) is 7.76. The molecule has 2 heterocycles. The third kappa shape index (κ3) is 4.85. The van der Waals surface area contributed by atoms with Gasteiger partial charge in [0, 0.05) is 36.2 Å². The zero-order valence-electron chi connectivity index (χ0n) is 22.5. The number of hydrogen-bond acceptors (Lipinski definition) is 3. The first-order valence-electron chi connectivity index (χ1n) is 13.2. The Balaban J connectivity index is 1.81. The van der Waals surface area contributed by atoms with Crippen LogP contribution < -0.4 is 0 Å². The summed E-state index contributed by atoms with van der Waals surface area (Å²) in [5, 5.41) is 11.2. The summed E-state index contributed by atoms with van der Waals surface area (Å²) in [6.45, 7) is 5.23. The number of aryl methyl sites for hydroxylation is 1. The molecule has 1 unspecified atom stereocenters. The maximum absolute atomic E-state index is 15.8. The second kappa shape index (κ2) is 10.7. The van der Waals surface area contributed by atoms with Gasteiger partial charge in [-0.15, -0.1) is 22.7 Å². The number of halogens is 6. The van der Waals surface area contributed by atoms with Crippen molar-refractivity contribution in [2.24, 2.45) is 5.92 Å². The van der Waals surface area contributed by atoms with Crippen molar-refractivity contribution in [3.05, 3.63) is 93.7 Å². The van der Waals surface area contributed by atoms with Crippen LogP contribution in [0, 0.1) is 12.8 Å². The first-order valence-corrected chi connectivity index (χ1v) is 14.9. The molecule has 9 heteroatoms. The van der Waals surface area contributed by atoms with Crippen LogP contribution in [0.15, 0.2) is 72.8 Å². The van der Waals surface area contributed by atoms with Gasteiger partial charge >= 0.3 is 17.8 Å². The molecule has 216 valence electrons. The average Bonchev–Trinajstić information content (AvgIpc) is 3.58. The van der Waals surface area contributed by atoms with Crippen LogP contribution >= 0.6 is 22.7 Å². The second-order valence-electron chi connectivity index (χ2n) is 10.4. The van der Waals surface area contributed by atoms with Gasteiger partial charge in [-0.25, -0.2) is 0 Å². The molecule has 0 fully saturated rings. The minimum atomic E-state index is -5.68. The molecule has 1 aliphatic rings. The van der Waals surface area contributed by atoms with E-state index in [1.165, 1.54) is 19.1 Å². The molecule has 0 aliphatic heterocycles. The minimum absolute atomic E-state index is 0.0203. The Morgan fingerprint density at radius 1 is 0.732 bits per heavy atom. The van der Waals surface area contributed by atoms with Crippen LogP contribution in [-0.2, 0) is 0 Å². The Morgan fingerprint density at radius 3 is 1.71 bits per heavy atom. The Bertz CT molecular complexity index is 1570. The highest BCUT2D eigenvalue weighted by atomic mass is 32.1. The highest BCUT2D eigenvalue weighted by molar-refractivity contribution is 7.16. The number of aliphatic hydroxyl groups is 1. The monoisotopic (exact) mass is 606 g/mol. The van der Waals surface area contributed by atoms with E-state index in [1.54, 1.807) is 60.7 Å². The lowest BCUT2D eigenvalue weighted by atomic mass is 9.91. The summed E-state index contributed by atoms with van der Waals surface area (Å²) >= 11 is 2.03. The van der Waals surface area contributed by atoms with Crippen molar-refractivity contribution in [1.82, 2.24) is 0 Å². The van der Waals surface area contributed by atoms with Gasteiger partial charge < -0.3 is 5.11 Å². The summed E-state index contributed by atoms with van der Waals surface area (Å²) in [7, 11) is 0. The Hall–Kier alpha value is -2.88. The molecule has 0 saturated carbocycles. The molecule has 0 bridgehead atoms. The van der Waals surface area contributed by atoms with E-state index in [4.69, 9.17) is 0 Å². The first-order chi connectivity index (χ1) is 19.3. The molecule has 1 aliphatic carbocycles. The second-order valence-corrected chi connectivity index (χ2v) is 12.8. The molecule has 4 aromatic rings. The molecular weight excluding hydrogens is 578 g/mol. The van der Waals surface area contributed by atoms with Gasteiger partial charge in [0.05, 0.1) is 6.10 Å². The van der Waals surface area contributed by atoms with E-state index in [9.17, 15) is 5.11 Å². The predicted octanol–water partition coefficient (Wildman–Crippen LogP) is 10.8. The van der Waals surface area contributed by atoms with Gasteiger partial charge in [0.25, 0.3) is 0 Å². The van der Waals surface area contributed by atoms with Gasteiger partial charge in [-0.2, -0.15) is 26.3 Å². The summed E-state index contributed by atoms with van der Waals surface area (Å²) in [6, 6.07) is 19.9. The summed E-state index contributed by atoms with van der Waals surface area (Å²) in [5.41, 5.74) is -2.38. The molecule has 2 aromatic carbocycles. The molecule has 2 atom stereocenters. The molecule has 2 aromatic heterocycles. The average molecular weight is 607 g/mol. The molecule has 0 amide bonds. The third-order valence-electron chi connectivity index (χ3n) is 7.63. The predicted molar refractivity (Wildman–Crippen MR) is 155 cm³/mol. The summed E-state index contributed by atoms with van der Waals surface area (Å²) in [4.78, 5) is 1.09. The third-order valence-corrected chi connectivity index (χ3v) is 10.0. The molecule has 0 saturated heterocycles. The van der Waals surface area contributed by atoms with Crippen molar-refractivity contribution < 1.29 is 31.4 Å². The number of benzene rings is 2. The summed E-state index contributed by atoms with van der Waals surface area (Å²) in [5.74, 6) is -16.1. The molecule has 0 radical (unpaired) electrons. The molecule has 1 nitrogen and oxygen atoms in total. The van der Waals surface area contributed by atoms with Gasteiger partial charge in [-0.3, -0.25) is 0 Å². The molecular formula is C32H28F6OS2. The fourth-order valence-electron chi connectivity index (χ4n) is 5.16. The number of thiophene rings is 2. The lowest BCUT2D eigenvalue weighted by molar-refractivity contribution is -0.254. The molecule has 0 spiro atoms. The fourth-order valence-corrected chi connectivity index (χ4v) is 7.36. The van der Waals surface area contributed by atoms with Crippen LogP contribution in [0.1, 0.15) is 53.7 Å². The first kappa shape index (κ1) is 29.6. The van der Waals surface area contributed by atoms with E-state index < -0.39 is 40.6 Å². The van der Waals surface area contributed by atoms with Gasteiger partial charge in [-0.05, 0) is 48.1 Å². The number of rotatable bonds is 8. The standard InChI is InChI=1S/C32H28F6OS2/c1-4-18(2)15-24(39)29-23(17-26(41-29)21-13-9-6-10-14-21)28-27(30(33,34)32(37,38)31(28,35)36)22-16-25(40-19(22)3)20-11-7-5-8-12-20/h5-14,16-18,24,39H,4,15H2,1-3H3/t18-,24?/m0/s1. The number of aliphatic hydroxyl groups excluding tert-OH is 1. The fraction of sp³-hybridized carbons (Fsp3) is 0.312. The van der Waals surface area contributed by atoms with Crippen LogP contribution in [0.4, 0.5) is 26.3 Å². The molecule has 1 N–H and O–H groups in total. The maximum atomic E-state index is 15.8. The lowest BCUT2D eigenvalue weighted by Gasteiger charge is -2.26. The van der Waals surface area contributed by atoms with Gasteiger partial charge in [0.1, 0.15) is 0 Å². The largest absolute Gasteiger partial charge is 0.388 e. The van der Waals surface area contributed by atoms with Crippen molar-refractivity contribution in [3.63, 3.8) is 0 Å². The van der Waals surface area contributed by atoms with Gasteiger partial charge in [0.2, 0.25) is 0 Å². The van der Waals surface area contributed by atoms with Crippen molar-refractivity contribution >= 4 is 33.8 Å². The summed E-state index contributed by atoms with van der Waals surface area (Å²) < 4.78 is 93.3. The van der Waals surface area contributed by atoms with Gasteiger partial charge in [-0.1, -0.05) is 80.9 Å². The van der Waals surface area contributed by atoms with Crippen LogP contribution in [0.2, 0.25) is 0 Å². The topological polar surface area (TPSA) is 20.2 Å².